The van der Waals surface area contributed by atoms with Gasteiger partial charge in [0.2, 0.25) is 0 Å². The van der Waals surface area contributed by atoms with Gasteiger partial charge in [0, 0.05) is 11.6 Å². The topological polar surface area (TPSA) is 30.5 Å². The van der Waals surface area contributed by atoms with Crippen molar-refractivity contribution in [1.82, 2.24) is 0 Å². The van der Waals surface area contributed by atoms with Gasteiger partial charge in [0.05, 0.1) is 18.8 Å². The van der Waals surface area contributed by atoms with Gasteiger partial charge < -0.3 is 14.8 Å². The largest absolute Gasteiger partial charge is 0.497 e. The smallest absolute Gasteiger partial charge is 0.146 e. The first-order valence-electron chi connectivity index (χ1n) is 6.89. The Morgan fingerprint density at radius 2 is 1.95 bits per heavy atom. The fourth-order valence-electron chi connectivity index (χ4n) is 2.68. The van der Waals surface area contributed by atoms with E-state index < -0.39 is 5.60 Å². The molecule has 0 saturated heterocycles. The maximum atomic E-state index is 14.0. The first kappa shape index (κ1) is 13.7. The van der Waals surface area contributed by atoms with Crippen LogP contribution in [0.1, 0.15) is 25.5 Å². The highest BCUT2D eigenvalue weighted by atomic mass is 19.1. The molecule has 1 aliphatic heterocycles. The van der Waals surface area contributed by atoms with Gasteiger partial charge in [0.25, 0.3) is 0 Å². The molecule has 0 radical (unpaired) electrons. The molecule has 1 atom stereocenters. The minimum absolute atomic E-state index is 0.129. The molecule has 0 bridgehead atoms. The molecule has 0 aliphatic carbocycles. The molecule has 3 nitrogen and oxygen atoms in total. The molecule has 0 fully saturated rings. The molecule has 21 heavy (non-hydrogen) atoms. The lowest BCUT2D eigenvalue weighted by Crippen LogP contribution is -2.35. The SMILES string of the molecule is COc1ccc(F)c(NC2c3ccccc3OC2(C)C)c1. The molecule has 110 valence electrons. The Bertz CT molecular complexity index is 670. The monoisotopic (exact) mass is 287 g/mol. The number of rotatable bonds is 3. The van der Waals surface area contributed by atoms with E-state index >= 15 is 0 Å². The van der Waals surface area contributed by atoms with Gasteiger partial charge >= 0.3 is 0 Å². The third-order valence-corrected chi connectivity index (χ3v) is 3.77. The number of methoxy groups -OCH3 is 1. The van der Waals surface area contributed by atoms with Gasteiger partial charge in [-0.1, -0.05) is 18.2 Å². The maximum Gasteiger partial charge on any atom is 0.146 e. The average Bonchev–Trinajstić information content (AvgIpc) is 2.72. The van der Waals surface area contributed by atoms with Crippen molar-refractivity contribution in [3.8, 4) is 11.5 Å². The van der Waals surface area contributed by atoms with Crippen molar-refractivity contribution in [2.75, 3.05) is 12.4 Å². The lowest BCUT2D eigenvalue weighted by Gasteiger charge is -2.28. The fourth-order valence-corrected chi connectivity index (χ4v) is 2.68. The Morgan fingerprint density at radius 1 is 1.19 bits per heavy atom. The lowest BCUT2D eigenvalue weighted by molar-refractivity contribution is 0.118. The molecule has 1 unspecified atom stereocenters. The van der Waals surface area contributed by atoms with E-state index in [0.717, 1.165) is 11.3 Å². The molecule has 2 aromatic rings. The Kier molecular flexibility index (Phi) is 3.24. The van der Waals surface area contributed by atoms with Crippen LogP contribution in [-0.4, -0.2) is 12.7 Å². The summed E-state index contributed by atoms with van der Waals surface area (Å²) in [6.45, 7) is 3.98. The van der Waals surface area contributed by atoms with E-state index in [4.69, 9.17) is 9.47 Å². The van der Waals surface area contributed by atoms with Gasteiger partial charge in [-0.3, -0.25) is 0 Å². The number of benzene rings is 2. The second kappa shape index (κ2) is 4.95. The molecule has 3 rings (SSSR count). The first-order valence-corrected chi connectivity index (χ1v) is 6.89. The summed E-state index contributed by atoms with van der Waals surface area (Å²) in [5.74, 6) is 1.14. The zero-order chi connectivity index (χ0) is 15.0. The molecule has 0 spiro atoms. The van der Waals surface area contributed by atoms with Crippen molar-refractivity contribution in [2.24, 2.45) is 0 Å². The number of fused-ring (bicyclic) bond motifs is 1. The third-order valence-electron chi connectivity index (χ3n) is 3.77. The summed E-state index contributed by atoms with van der Waals surface area (Å²) in [6, 6.07) is 12.4. The van der Waals surface area contributed by atoms with E-state index in [1.807, 2.05) is 38.1 Å². The Hall–Kier alpha value is -2.23. The minimum Gasteiger partial charge on any atom is -0.497 e. The van der Waals surface area contributed by atoms with Crippen molar-refractivity contribution in [1.29, 1.82) is 0 Å². The van der Waals surface area contributed by atoms with Gasteiger partial charge in [0.1, 0.15) is 22.9 Å². The predicted octanol–water partition coefficient (Wildman–Crippen LogP) is 4.16. The van der Waals surface area contributed by atoms with E-state index in [1.54, 1.807) is 19.2 Å². The van der Waals surface area contributed by atoms with Crippen LogP contribution in [-0.2, 0) is 0 Å². The molecular weight excluding hydrogens is 269 g/mol. The molecule has 1 heterocycles. The number of hydrogen-bond donors (Lipinski definition) is 1. The standard InChI is InChI=1S/C17H18FNO2/c1-17(2)16(12-6-4-5-7-15(12)21-17)19-14-10-11(20-3)8-9-13(14)18/h4-10,16,19H,1-3H3. The van der Waals surface area contributed by atoms with Crippen LogP contribution in [0.2, 0.25) is 0 Å². The minimum atomic E-state index is -0.459. The van der Waals surface area contributed by atoms with Crippen molar-refractivity contribution >= 4 is 5.69 Å². The number of nitrogens with one attached hydrogen (secondary N) is 1. The maximum absolute atomic E-state index is 14.0. The third kappa shape index (κ3) is 2.42. The quantitative estimate of drug-likeness (QED) is 0.919. The summed E-state index contributed by atoms with van der Waals surface area (Å²) in [4.78, 5) is 0. The Balaban J connectivity index is 1.97. The number of ether oxygens (including phenoxy) is 2. The second-order valence-corrected chi connectivity index (χ2v) is 5.67. The highest BCUT2D eigenvalue weighted by Gasteiger charge is 2.41. The average molecular weight is 287 g/mol. The lowest BCUT2D eigenvalue weighted by atomic mass is 9.94. The molecule has 0 amide bonds. The number of hydrogen-bond acceptors (Lipinski definition) is 3. The van der Waals surface area contributed by atoms with E-state index in [0.29, 0.717) is 11.4 Å². The first-order chi connectivity index (χ1) is 10.0. The Morgan fingerprint density at radius 3 is 2.71 bits per heavy atom. The van der Waals surface area contributed by atoms with Crippen molar-refractivity contribution in [3.05, 3.63) is 53.8 Å². The molecular formula is C17H18FNO2. The van der Waals surface area contributed by atoms with Gasteiger partial charge in [-0.25, -0.2) is 4.39 Å². The molecule has 2 aromatic carbocycles. The van der Waals surface area contributed by atoms with Gasteiger partial charge in [-0.05, 0) is 32.0 Å². The van der Waals surface area contributed by atoms with Crippen LogP contribution >= 0.6 is 0 Å². The van der Waals surface area contributed by atoms with Crippen LogP contribution < -0.4 is 14.8 Å². The molecule has 0 aromatic heterocycles. The van der Waals surface area contributed by atoms with Crippen LogP contribution in [0.25, 0.3) is 0 Å². The normalized spacial score (nSPS) is 18.8. The highest BCUT2D eigenvalue weighted by Crippen LogP contribution is 2.44. The summed E-state index contributed by atoms with van der Waals surface area (Å²) in [5.41, 5.74) is 0.983. The number of para-hydroxylation sites is 1. The highest BCUT2D eigenvalue weighted by molar-refractivity contribution is 5.54. The fraction of sp³-hybridized carbons (Fsp3) is 0.294. The van der Waals surface area contributed by atoms with Crippen molar-refractivity contribution in [3.63, 3.8) is 0 Å². The number of halogens is 1. The Labute approximate surface area is 123 Å². The van der Waals surface area contributed by atoms with E-state index in [2.05, 4.69) is 5.32 Å². The van der Waals surface area contributed by atoms with E-state index in [9.17, 15) is 4.39 Å². The number of anilines is 1. The summed E-state index contributed by atoms with van der Waals surface area (Å²) >= 11 is 0. The summed E-state index contributed by atoms with van der Waals surface area (Å²) in [7, 11) is 1.56. The zero-order valence-corrected chi connectivity index (χ0v) is 12.3. The van der Waals surface area contributed by atoms with Crippen molar-refractivity contribution < 1.29 is 13.9 Å². The summed E-state index contributed by atoms with van der Waals surface area (Å²) in [5, 5.41) is 3.25. The second-order valence-electron chi connectivity index (χ2n) is 5.67. The summed E-state index contributed by atoms with van der Waals surface area (Å²) in [6.07, 6.45) is 0. The van der Waals surface area contributed by atoms with Crippen LogP contribution in [0.4, 0.5) is 10.1 Å². The van der Waals surface area contributed by atoms with Crippen LogP contribution in [0.3, 0.4) is 0 Å². The molecule has 0 saturated carbocycles. The predicted molar refractivity (Wildman–Crippen MR) is 80.5 cm³/mol. The summed E-state index contributed by atoms with van der Waals surface area (Å²) < 4.78 is 25.1. The molecule has 4 heteroatoms. The van der Waals surface area contributed by atoms with Gasteiger partial charge in [-0.15, -0.1) is 0 Å². The van der Waals surface area contributed by atoms with Crippen LogP contribution in [0.5, 0.6) is 11.5 Å². The van der Waals surface area contributed by atoms with Crippen LogP contribution in [0.15, 0.2) is 42.5 Å². The van der Waals surface area contributed by atoms with E-state index in [-0.39, 0.29) is 11.9 Å². The molecule has 1 N–H and O–H groups in total. The van der Waals surface area contributed by atoms with Crippen molar-refractivity contribution in [2.45, 2.75) is 25.5 Å². The van der Waals surface area contributed by atoms with Crippen LogP contribution in [0, 0.1) is 5.82 Å². The van der Waals surface area contributed by atoms with Gasteiger partial charge in [-0.2, -0.15) is 0 Å². The molecule has 1 aliphatic rings. The van der Waals surface area contributed by atoms with Gasteiger partial charge in [0.15, 0.2) is 0 Å². The zero-order valence-electron chi connectivity index (χ0n) is 12.3. The van der Waals surface area contributed by atoms with E-state index in [1.165, 1.54) is 6.07 Å².